The molecule has 2 atom stereocenters. The van der Waals surface area contributed by atoms with Crippen LogP contribution in [0.25, 0.3) is 10.7 Å². The largest absolute Gasteiger partial charge is 0.335 e. The van der Waals surface area contributed by atoms with Crippen molar-refractivity contribution in [1.29, 1.82) is 0 Å². The van der Waals surface area contributed by atoms with E-state index in [-0.39, 0.29) is 0 Å². The van der Waals surface area contributed by atoms with E-state index in [4.69, 9.17) is 4.98 Å². The molecule has 2 saturated heterocycles. The molecule has 6 heteroatoms. The normalized spacial score (nSPS) is 25.3. The molecule has 0 bridgehead atoms. The molecule has 0 aliphatic carbocycles. The zero-order valence-corrected chi connectivity index (χ0v) is 13.1. The lowest BCUT2D eigenvalue weighted by Gasteiger charge is -2.36. The number of nitrogens with zero attached hydrogens (tertiary/aromatic N) is 3. The van der Waals surface area contributed by atoms with E-state index in [2.05, 4.69) is 38.8 Å². The van der Waals surface area contributed by atoms with Gasteiger partial charge in [-0.2, -0.15) is 4.98 Å². The number of nitrogens with one attached hydrogen (secondary N) is 2. The van der Waals surface area contributed by atoms with Crippen molar-refractivity contribution in [3.63, 3.8) is 0 Å². The summed E-state index contributed by atoms with van der Waals surface area (Å²) in [6, 6.07) is 2.75. The van der Waals surface area contributed by atoms with Gasteiger partial charge in [0.2, 0.25) is 5.95 Å². The second-order valence-corrected chi connectivity index (χ2v) is 6.85. The number of aromatic amines is 1. The zero-order valence-electron chi connectivity index (χ0n) is 12.3. The second kappa shape index (κ2) is 5.42. The first-order chi connectivity index (χ1) is 10.4. The summed E-state index contributed by atoms with van der Waals surface area (Å²) < 4.78 is 0. The van der Waals surface area contributed by atoms with Gasteiger partial charge in [0.15, 0.2) is 5.82 Å². The number of piperidine rings is 1. The lowest BCUT2D eigenvalue weighted by atomic mass is 9.92. The smallest absolute Gasteiger partial charge is 0.245 e. The molecule has 2 aromatic rings. The van der Waals surface area contributed by atoms with Crippen molar-refractivity contribution in [2.24, 2.45) is 5.92 Å². The van der Waals surface area contributed by atoms with E-state index < -0.39 is 0 Å². The summed E-state index contributed by atoms with van der Waals surface area (Å²) >= 11 is 1.74. The van der Waals surface area contributed by atoms with Gasteiger partial charge in [-0.3, -0.25) is 5.10 Å². The zero-order chi connectivity index (χ0) is 14.2. The van der Waals surface area contributed by atoms with E-state index in [9.17, 15) is 0 Å². The van der Waals surface area contributed by atoms with Crippen molar-refractivity contribution in [3.8, 4) is 10.7 Å². The molecule has 2 aromatic heterocycles. The average molecular weight is 303 g/mol. The highest BCUT2D eigenvalue weighted by molar-refractivity contribution is 7.13. The fourth-order valence-electron chi connectivity index (χ4n) is 3.62. The Bertz CT molecular complexity index is 619. The van der Waals surface area contributed by atoms with Crippen molar-refractivity contribution in [1.82, 2.24) is 20.5 Å². The van der Waals surface area contributed by atoms with Crippen LogP contribution in [0.1, 0.15) is 25.3 Å². The van der Waals surface area contributed by atoms with Gasteiger partial charge in [-0.05, 0) is 42.2 Å². The Hall–Kier alpha value is -1.40. The Morgan fingerprint density at radius 3 is 3.29 bits per heavy atom. The molecule has 0 radical (unpaired) electrons. The van der Waals surface area contributed by atoms with E-state index in [1.165, 1.54) is 23.3 Å². The molecule has 4 rings (SSSR count). The number of hydrogen-bond donors (Lipinski definition) is 2. The van der Waals surface area contributed by atoms with Gasteiger partial charge in [-0.15, -0.1) is 16.4 Å². The van der Waals surface area contributed by atoms with Crippen molar-refractivity contribution in [3.05, 3.63) is 17.0 Å². The number of aryl methyl sites for hydroxylation is 1. The van der Waals surface area contributed by atoms with Crippen LogP contribution in [-0.4, -0.2) is 40.9 Å². The van der Waals surface area contributed by atoms with Gasteiger partial charge >= 0.3 is 0 Å². The Morgan fingerprint density at radius 2 is 2.38 bits per heavy atom. The Kier molecular flexibility index (Phi) is 3.43. The van der Waals surface area contributed by atoms with Gasteiger partial charge in [0, 0.05) is 25.7 Å². The third-order valence-corrected chi connectivity index (χ3v) is 5.72. The first-order valence-corrected chi connectivity index (χ1v) is 8.71. The number of fused-ring (bicyclic) bond motifs is 1. The molecule has 2 N–H and O–H groups in total. The lowest BCUT2D eigenvalue weighted by molar-refractivity contribution is 0.381. The monoisotopic (exact) mass is 303 g/mol. The van der Waals surface area contributed by atoms with Crippen LogP contribution in [0.3, 0.4) is 0 Å². The van der Waals surface area contributed by atoms with Crippen LogP contribution < -0.4 is 10.2 Å². The predicted molar refractivity (Wildman–Crippen MR) is 85.8 cm³/mol. The Labute approximate surface area is 128 Å². The van der Waals surface area contributed by atoms with E-state index in [1.54, 1.807) is 11.3 Å². The predicted octanol–water partition coefficient (Wildman–Crippen LogP) is 2.28. The van der Waals surface area contributed by atoms with Gasteiger partial charge in [0.1, 0.15) is 0 Å². The van der Waals surface area contributed by atoms with Crippen molar-refractivity contribution in [2.45, 2.75) is 32.2 Å². The third-order valence-electron chi connectivity index (χ3n) is 4.75. The number of aromatic nitrogens is 3. The van der Waals surface area contributed by atoms with E-state index in [0.29, 0.717) is 6.04 Å². The molecule has 5 nitrogen and oxygen atoms in total. The molecule has 0 spiro atoms. The molecule has 2 fully saturated rings. The maximum atomic E-state index is 4.79. The van der Waals surface area contributed by atoms with Crippen molar-refractivity contribution < 1.29 is 0 Å². The van der Waals surface area contributed by atoms with Gasteiger partial charge < -0.3 is 10.2 Å². The number of H-pyrrole nitrogens is 1. The highest BCUT2D eigenvalue weighted by Gasteiger charge is 2.36. The summed E-state index contributed by atoms with van der Waals surface area (Å²) in [6.45, 7) is 5.46. The molecular weight excluding hydrogens is 282 g/mol. The second-order valence-electron chi connectivity index (χ2n) is 5.93. The number of thiophene rings is 1. The maximum absolute atomic E-state index is 4.79. The maximum Gasteiger partial charge on any atom is 0.245 e. The van der Waals surface area contributed by atoms with Crippen LogP contribution in [0.4, 0.5) is 5.95 Å². The first kappa shape index (κ1) is 13.3. The summed E-state index contributed by atoms with van der Waals surface area (Å²) in [4.78, 5) is 8.41. The Morgan fingerprint density at radius 1 is 1.43 bits per heavy atom. The fraction of sp³-hybridized carbons (Fsp3) is 0.600. The minimum atomic E-state index is 0.566. The Balaban J connectivity index is 1.62. The van der Waals surface area contributed by atoms with Gasteiger partial charge in [-0.25, -0.2) is 0 Å². The molecule has 0 amide bonds. The van der Waals surface area contributed by atoms with Crippen LogP contribution in [0.2, 0.25) is 0 Å². The average Bonchev–Trinajstić information content (AvgIpc) is 3.24. The van der Waals surface area contributed by atoms with Gasteiger partial charge in [-0.1, -0.05) is 6.92 Å². The fourth-order valence-corrected chi connectivity index (χ4v) is 4.56. The standard InChI is InChI=1S/C15H21N5S/c1-2-10-5-7-21-13(10)14-17-15(19-18-14)20-6-3-4-11-8-16-9-12(11)20/h5,7,11-12,16H,2-4,6,8-9H2,1H3,(H,17,18,19). The first-order valence-electron chi connectivity index (χ1n) is 7.83. The van der Waals surface area contributed by atoms with Crippen LogP contribution >= 0.6 is 11.3 Å². The van der Waals surface area contributed by atoms with Crippen LogP contribution in [0.5, 0.6) is 0 Å². The molecule has 4 heterocycles. The third kappa shape index (κ3) is 2.26. The molecule has 112 valence electrons. The lowest BCUT2D eigenvalue weighted by Crippen LogP contribution is -2.45. The van der Waals surface area contributed by atoms with Gasteiger partial charge in [0.05, 0.1) is 4.88 Å². The van der Waals surface area contributed by atoms with E-state index in [1.807, 2.05) is 0 Å². The molecular formula is C15H21N5S. The minimum absolute atomic E-state index is 0.566. The number of anilines is 1. The summed E-state index contributed by atoms with van der Waals surface area (Å²) in [7, 11) is 0. The van der Waals surface area contributed by atoms with Crippen LogP contribution in [0, 0.1) is 5.92 Å². The molecule has 21 heavy (non-hydrogen) atoms. The molecule has 2 aliphatic heterocycles. The summed E-state index contributed by atoms with van der Waals surface area (Å²) in [6.07, 6.45) is 3.61. The quantitative estimate of drug-likeness (QED) is 0.913. The minimum Gasteiger partial charge on any atom is -0.335 e. The molecule has 0 aromatic carbocycles. The highest BCUT2D eigenvalue weighted by atomic mass is 32.1. The molecule has 2 aliphatic rings. The van der Waals surface area contributed by atoms with Gasteiger partial charge in [0.25, 0.3) is 0 Å². The van der Waals surface area contributed by atoms with E-state index >= 15 is 0 Å². The van der Waals surface area contributed by atoms with Crippen molar-refractivity contribution in [2.75, 3.05) is 24.5 Å². The number of rotatable bonds is 3. The highest BCUT2D eigenvalue weighted by Crippen LogP contribution is 2.32. The van der Waals surface area contributed by atoms with E-state index in [0.717, 1.165) is 43.7 Å². The summed E-state index contributed by atoms with van der Waals surface area (Å²) in [5.41, 5.74) is 1.35. The van der Waals surface area contributed by atoms with Crippen molar-refractivity contribution >= 4 is 17.3 Å². The topological polar surface area (TPSA) is 56.8 Å². The summed E-state index contributed by atoms with van der Waals surface area (Å²) in [5.74, 6) is 2.55. The summed E-state index contributed by atoms with van der Waals surface area (Å²) in [5, 5.41) is 13.3. The SMILES string of the molecule is CCc1ccsc1-c1nc(N2CCCC3CNCC32)n[nH]1. The van der Waals surface area contributed by atoms with Crippen LogP contribution in [0.15, 0.2) is 11.4 Å². The van der Waals surface area contributed by atoms with Crippen LogP contribution in [-0.2, 0) is 6.42 Å². The molecule has 2 unspecified atom stereocenters. The number of hydrogen-bond acceptors (Lipinski definition) is 5. The molecule has 0 saturated carbocycles.